The summed E-state index contributed by atoms with van der Waals surface area (Å²) in [4.78, 5) is 14.1. The second-order valence-corrected chi connectivity index (χ2v) is 8.38. The van der Waals surface area contributed by atoms with E-state index in [1.807, 2.05) is 31.2 Å². The van der Waals surface area contributed by atoms with E-state index in [-0.39, 0.29) is 0 Å². The van der Waals surface area contributed by atoms with Crippen molar-refractivity contribution in [2.24, 2.45) is 5.10 Å². The number of hydrazone groups is 1. The van der Waals surface area contributed by atoms with Gasteiger partial charge in [0.15, 0.2) is 0 Å². The van der Waals surface area contributed by atoms with Crippen LogP contribution in [0.25, 0.3) is 0 Å². The first-order chi connectivity index (χ1) is 14.1. The van der Waals surface area contributed by atoms with Crippen LogP contribution in [0.1, 0.15) is 57.4 Å². The molecule has 0 amide bonds. The molecule has 0 unspecified atom stereocenters. The summed E-state index contributed by atoms with van der Waals surface area (Å²) < 4.78 is 5.96. The summed E-state index contributed by atoms with van der Waals surface area (Å²) in [5, 5.41) is 6.52. The molecular formula is C24H35N3O2. The van der Waals surface area contributed by atoms with Gasteiger partial charge in [-0.3, -0.25) is 4.79 Å². The van der Waals surface area contributed by atoms with Crippen LogP contribution in [0.2, 0.25) is 0 Å². The predicted molar refractivity (Wildman–Crippen MR) is 119 cm³/mol. The highest BCUT2D eigenvalue weighted by Gasteiger charge is 2.20. The molecular weight excluding hydrogens is 362 g/mol. The summed E-state index contributed by atoms with van der Waals surface area (Å²) in [6.45, 7) is 5.39. The van der Waals surface area contributed by atoms with Gasteiger partial charge in [0.05, 0.1) is 12.3 Å². The third kappa shape index (κ3) is 5.92. The van der Waals surface area contributed by atoms with Crippen LogP contribution in [0, 0.1) is 0 Å². The molecule has 1 atom stereocenters. The predicted octanol–water partition coefficient (Wildman–Crippen LogP) is 4.28. The highest BCUT2D eigenvalue weighted by Crippen LogP contribution is 2.28. The first-order valence-electron chi connectivity index (χ1n) is 11.0. The number of carbonyl (C=O) groups excluding carboxylic acids is 1. The van der Waals surface area contributed by atoms with E-state index < -0.39 is 0 Å². The van der Waals surface area contributed by atoms with E-state index in [2.05, 4.69) is 24.0 Å². The van der Waals surface area contributed by atoms with E-state index in [0.717, 1.165) is 79.7 Å². The molecule has 0 bridgehead atoms. The minimum Gasteiger partial charge on any atom is -0.494 e. The van der Waals surface area contributed by atoms with Crippen molar-refractivity contribution in [3.8, 4) is 5.75 Å². The molecule has 5 nitrogen and oxygen atoms in total. The smallest absolute Gasteiger partial charge is 0.146 e. The van der Waals surface area contributed by atoms with Crippen molar-refractivity contribution >= 4 is 12.0 Å². The van der Waals surface area contributed by atoms with Gasteiger partial charge >= 0.3 is 0 Å². The summed E-state index contributed by atoms with van der Waals surface area (Å²) in [7, 11) is 3.84. The van der Waals surface area contributed by atoms with Gasteiger partial charge in [0, 0.05) is 32.2 Å². The van der Waals surface area contributed by atoms with Crippen LogP contribution >= 0.6 is 0 Å². The molecule has 5 heteroatoms. The maximum atomic E-state index is 11.6. The molecule has 1 heterocycles. The first-order valence-corrected chi connectivity index (χ1v) is 11.0. The van der Waals surface area contributed by atoms with Gasteiger partial charge in [0.2, 0.25) is 0 Å². The number of benzene rings is 1. The van der Waals surface area contributed by atoms with Gasteiger partial charge in [-0.2, -0.15) is 5.10 Å². The molecule has 0 aromatic heterocycles. The molecule has 0 N–H and O–H groups in total. The lowest BCUT2D eigenvalue weighted by Gasteiger charge is -2.21. The quantitative estimate of drug-likeness (QED) is 0.270. The number of nitrogens with zero attached hydrogens (tertiary/aromatic N) is 3. The largest absolute Gasteiger partial charge is 0.494 e. The van der Waals surface area contributed by atoms with Crippen molar-refractivity contribution in [3.05, 3.63) is 41.0 Å². The van der Waals surface area contributed by atoms with E-state index >= 15 is 0 Å². The van der Waals surface area contributed by atoms with Crippen LogP contribution in [-0.2, 0) is 4.79 Å². The first kappa shape index (κ1) is 21.6. The van der Waals surface area contributed by atoms with Gasteiger partial charge in [-0.15, -0.1) is 0 Å². The Morgan fingerprint density at radius 2 is 1.97 bits per heavy atom. The average Bonchev–Trinajstić information content (AvgIpc) is 3.14. The lowest BCUT2D eigenvalue weighted by Crippen LogP contribution is -2.28. The Hall–Kier alpha value is -2.14. The van der Waals surface area contributed by atoms with Crippen LogP contribution in [0.4, 0.5) is 0 Å². The number of ether oxygens (including phenoxy) is 1. The molecule has 1 saturated heterocycles. The number of allylic oxidation sites excluding steroid dienone is 2. The number of likely N-dealkylation sites (tertiary alicyclic amines) is 1. The van der Waals surface area contributed by atoms with Crippen molar-refractivity contribution in [2.75, 3.05) is 33.8 Å². The second kappa shape index (κ2) is 10.6. The van der Waals surface area contributed by atoms with Gasteiger partial charge in [-0.1, -0.05) is 0 Å². The number of hydrogen-bond donors (Lipinski definition) is 0. The van der Waals surface area contributed by atoms with Crippen LogP contribution in [0.15, 0.2) is 40.5 Å². The Kier molecular flexibility index (Phi) is 7.87. The Morgan fingerprint density at radius 3 is 2.62 bits per heavy atom. The lowest BCUT2D eigenvalue weighted by atomic mass is 9.87. The third-order valence-corrected chi connectivity index (χ3v) is 5.92. The molecule has 1 aliphatic heterocycles. The summed E-state index contributed by atoms with van der Waals surface area (Å²) in [6, 6.07) is 8.87. The SMILES string of the molecule is C[C@@H]1CCCN1CCCOc1ccc(/C(=N/N(C)C)C2=C(C=O)CCCC2)cc1. The number of carbonyl (C=O) groups is 1. The molecule has 29 heavy (non-hydrogen) atoms. The zero-order valence-corrected chi connectivity index (χ0v) is 18.2. The lowest BCUT2D eigenvalue weighted by molar-refractivity contribution is -0.105. The van der Waals surface area contributed by atoms with Crippen molar-refractivity contribution in [2.45, 2.75) is 57.9 Å². The van der Waals surface area contributed by atoms with Crippen molar-refractivity contribution in [1.82, 2.24) is 9.91 Å². The number of hydrogen-bond acceptors (Lipinski definition) is 5. The fourth-order valence-electron chi connectivity index (χ4n) is 4.31. The van der Waals surface area contributed by atoms with Crippen molar-refractivity contribution < 1.29 is 9.53 Å². The van der Waals surface area contributed by atoms with Gasteiger partial charge in [-0.25, -0.2) is 0 Å². The van der Waals surface area contributed by atoms with E-state index in [1.165, 1.54) is 19.4 Å². The number of aldehydes is 1. The van der Waals surface area contributed by atoms with E-state index in [9.17, 15) is 4.79 Å². The molecule has 1 aromatic carbocycles. The van der Waals surface area contributed by atoms with E-state index in [0.29, 0.717) is 6.04 Å². The van der Waals surface area contributed by atoms with Gasteiger partial charge < -0.3 is 14.6 Å². The average molecular weight is 398 g/mol. The van der Waals surface area contributed by atoms with Crippen LogP contribution in [0.5, 0.6) is 5.75 Å². The Bertz CT molecular complexity index is 737. The molecule has 0 spiro atoms. The third-order valence-electron chi connectivity index (χ3n) is 5.92. The molecule has 1 fully saturated rings. The molecule has 2 aliphatic rings. The zero-order chi connectivity index (χ0) is 20.6. The Morgan fingerprint density at radius 1 is 1.21 bits per heavy atom. The summed E-state index contributed by atoms with van der Waals surface area (Å²) in [5.41, 5.74) is 3.93. The highest BCUT2D eigenvalue weighted by molar-refractivity contribution is 6.15. The van der Waals surface area contributed by atoms with Crippen molar-refractivity contribution in [1.29, 1.82) is 0 Å². The standard InChI is InChI=1S/C24H35N3O2/c1-19-8-6-15-27(19)16-7-17-29-22-13-11-20(12-14-22)24(25-26(2)3)23-10-5-4-9-21(23)18-28/h11-14,18-19H,4-10,15-17H2,1-3H3/b25-24-/t19-/m1/s1. The summed E-state index contributed by atoms with van der Waals surface area (Å²) in [6.07, 6.45) is 8.65. The molecule has 1 aromatic rings. The van der Waals surface area contributed by atoms with E-state index in [4.69, 9.17) is 9.84 Å². The minimum absolute atomic E-state index is 0.717. The van der Waals surface area contributed by atoms with Crippen LogP contribution in [0.3, 0.4) is 0 Å². The van der Waals surface area contributed by atoms with Crippen LogP contribution < -0.4 is 4.74 Å². The van der Waals surface area contributed by atoms with Gasteiger partial charge in [-0.05, 0) is 93.8 Å². The topological polar surface area (TPSA) is 45.1 Å². The maximum Gasteiger partial charge on any atom is 0.146 e. The minimum atomic E-state index is 0.717. The molecule has 0 saturated carbocycles. The maximum absolute atomic E-state index is 11.6. The fourth-order valence-corrected chi connectivity index (χ4v) is 4.31. The Labute approximate surface area is 175 Å². The second-order valence-electron chi connectivity index (χ2n) is 8.38. The molecule has 3 rings (SSSR count). The fraction of sp³-hybridized carbons (Fsp3) is 0.583. The van der Waals surface area contributed by atoms with Crippen molar-refractivity contribution in [3.63, 3.8) is 0 Å². The molecule has 158 valence electrons. The number of rotatable bonds is 9. The van der Waals surface area contributed by atoms with Crippen LogP contribution in [-0.4, -0.2) is 61.7 Å². The molecule has 0 radical (unpaired) electrons. The summed E-state index contributed by atoms with van der Waals surface area (Å²) >= 11 is 0. The zero-order valence-electron chi connectivity index (χ0n) is 18.2. The monoisotopic (exact) mass is 397 g/mol. The molecule has 1 aliphatic carbocycles. The highest BCUT2D eigenvalue weighted by atomic mass is 16.5. The summed E-state index contributed by atoms with van der Waals surface area (Å²) in [5.74, 6) is 0.889. The van der Waals surface area contributed by atoms with Gasteiger partial charge in [0.25, 0.3) is 0 Å². The normalized spacial score (nSPS) is 20.8. The van der Waals surface area contributed by atoms with Gasteiger partial charge in [0.1, 0.15) is 12.0 Å². The Balaban J connectivity index is 1.63. The van der Waals surface area contributed by atoms with E-state index in [1.54, 1.807) is 0 Å².